The highest BCUT2D eigenvalue weighted by Crippen LogP contribution is 2.13. The number of carbonyl (C=O) groups excluding carboxylic acids is 1. The Morgan fingerprint density at radius 3 is 2.57 bits per heavy atom. The molecule has 80 valence electrons. The molecule has 2 aliphatic rings. The lowest BCUT2D eigenvalue weighted by molar-refractivity contribution is -0.134. The molecule has 1 amide bonds. The number of rotatable bonds is 1. The molecule has 2 fully saturated rings. The van der Waals surface area contributed by atoms with Crippen LogP contribution < -0.4 is 11.1 Å². The Kier molecular flexibility index (Phi) is 3.03. The molecule has 4 nitrogen and oxygen atoms in total. The molecule has 0 aromatic heterocycles. The second-order valence-electron chi connectivity index (χ2n) is 4.31. The third-order valence-corrected chi connectivity index (χ3v) is 3.21. The van der Waals surface area contributed by atoms with E-state index in [0.717, 1.165) is 45.3 Å². The summed E-state index contributed by atoms with van der Waals surface area (Å²) in [5, 5.41) is 3.24. The number of likely N-dealkylation sites (tertiary alicyclic amines) is 1. The minimum atomic E-state index is 0.0873. The summed E-state index contributed by atoms with van der Waals surface area (Å²) in [5.41, 5.74) is 5.80. The van der Waals surface area contributed by atoms with Crippen LogP contribution in [0.3, 0.4) is 0 Å². The first-order valence-electron chi connectivity index (χ1n) is 5.55. The van der Waals surface area contributed by atoms with Crippen molar-refractivity contribution in [3.8, 4) is 0 Å². The molecule has 0 unspecified atom stereocenters. The summed E-state index contributed by atoms with van der Waals surface area (Å²) < 4.78 is 0. The first kappa shape index (κ1) is 9.93. The molecule has 2 heterocycles. The number of amides is 1. The standard InChI is InChI=1S/C10H19N3O/c11-8-3-6-13(7-4-8)10(14)9-2-1-5-12-9/h8-9,12H,1-7,11H2/t9-/m1/s1. The minimum absolute atomic E-state index is 0.0873. The van der Waals surface area contributed by atoms with Gasteiger partial charge in [-0.1, -0.05) is 0 Å². The van der Waals surface area contributed by atoms with Crippen molar-refractivity contribution >= 4 is 5.91 Å². The molecule has 0 aromatic carbocycles. The van der Waals surface area contributed by atoms with E-state index in [1.165, 1.54) is 0 Å². The quantitative estimate of drug-likeness (QED) is 0.606. The molecular formula is C10H19N3O. The van der Waals surface area contributed by atoms with Crippen LogP contribution in [-0.4, -0.2) is 42.5 Å². The van der Waals surface area contributed by atoms with E-state index in [9.17, 15) is 4.79 Å². The van der Waals surface area contributed by atoms with Gasteiger partial charge in [0.15, 0.2) is 0 Å². The van der Waals surface area contributed by atoms with Gasteiger partial charge < -0.3 is 16.0 Å². The fourth-order valence-electron chi connectivity index (χ4n) is 2.24. The summed E-state index contributed by atoms with van der Waals surface area (Å²) in [5.74, 6) is 0.286. The highest BCUT2D eigenvalue weighted by molar-refractivity contribution is 5.82. The monoisotopic (exact) mass is 197 g/mol. The lowest BCUT2D eigenvalue weighted by Crippen LogP contribution is -2.49. The summed E-state index contributed by atoms with van der Waals surface area (Å²) in [6, 6.07) is 0.389. The maximum Gasteiger partial charge on any atom is 0.239 e. The molecule has 2 saturated heterocycles. The average Bonchev–Trinajstić information content (AvgIpc) is 2.71. The molecule has 2 rings (SSSR count). The van der Waals surface area contributed by atoms with Crippen LogP contribution in [-0.2, 0) is 4.79 Å². The van der Waals surface area contributed by atoms with E-state index in [1.54, 1.807) is 0 Å². The maximum atomic E-state index is 11.9. The van der Waals surface area contributed by atoms with Gasteiger partial charge in [-0.15, -0.1) is 0 Å². The molecule has 0 aliphatic carbocycles. The number of nitrogens with one attached hydrogen (secondary N) is 1. The topological polar surface area (TPSA) is 58.4 Å². The first-order valence-corrected chi connectivity index (χ1v) is 5.55. The fourth-order valence-corrected chi connectivity index (χ4v) is 2.24. The molecule has 1 atom stereocenters. The van der Waals surface area contributed by atoms with Gasteiger partial charge in [0.05, 0.1) is 6.04 Å². The van der Waals surface area contributed by atoms with Gasteiger partial charge in [0.1, 0.15) is 0 Å². The molecule has 0 saturated carbocycles. The predicted molar refractivity (Wildman–Crippen MR) is 54.8 cm³/mol. The normalized spacial score (nSPS) is 29.5. The average molecular weight is 197 g/mol. The molecule has 4 heteroatoms. The third kappa shape index (κ3) is 2.07. The first-order chi connectivity index (χ1) is 6.77. The zero-order chi connectivity index (χ0) is 9.97. The Morgan fingerprint density at radius 2 is 2.00 bits per heavy atom. The number of hydrogen-bond donors (Lipinski definition) is 2. The molecule has 0 aromatic rings. The second-order valence-corrected chi connectivity index (χ2v) is 4.31. The van der Waals surface area contributed by atoms with E-state index >= 15 is 0 Å². The van der Waals surface area contributed by atoms with Crippen LogP contribution in [0, 0.1) is 0 Å². The van der Waals surface area contributed by atoms with Crippen molar-refractivity contribution in [1.29, 1.82) is 0 Å². The van der Waals surface area contributed by atoms with E-state index in [0.29, 0.717) is 6.04 Å². The number of carbonyl (C=O) groups is 1. The zero-order valence-electron chi connectivity index (χ0n) is 8.54. The van der Waals surface area contributed by atoms with Crippen molar-refractivity contribution in [1.82, 2.24) is 10.2 Å². The lowest BCUT2D eigenvalue weighted by atomic mass is 10.0. The minimum Gasteiger partial charge on any atom is -0.341 e. The Balaban J connectivity index is 1.85. The van der Waals surface area contributed by atoms with E-state index < -0.39 is 0 Å². The Labute approximate surface area is 84.8 Å². The molecule has 3 N–H and O–H groups in total. The molecule has 14 heavy (non-hydrogen) atoms. The summed E-state index contributed by atoms with van der Waals surface area (Å²) >= 11 is 0. The SMILES string of the molecule is NC1CCN(C(=O)[C@H]2CCCN2)CC1. The largest absolute Gasteiger partial charge is 0.341 e. The molecule has 0 bridgehead atoms. The highest BCUT2D eigenvalue weighted by atomic mass is 16.2. The summed E-state index contributed by atoms with van der Waals surface area (Å²) in [6.45, 7) is 2.68. The van der Waals surface area contributed by atoms with E-state index in [4.69, 9.17) is 5.73 Å². The predicted octanol–water partition coefficient (Wildman–Crippen LogP) is -0.312. The highest BCUT2D eigenvalue weighted by Gasteiger charge is 2.28. The van der Waals surface area contributed by atoms with Gasteiger partial charge in [0.2, 0.25) is 5.91 Å². The van der Waals surface area contributed by atoms with E-state index in [1.807, 2.05) is 4.90 Å². The van der Waals surface area contributed by atoms with Crippen LogP contribution in [0.1, 0.15) is 25.7 Å². The lowest BCUT2D eigenvalue weighted by Gasteiger charge is -2.32. The van der Waals surface area contributed by atoms with Crippen LogP contribution in [0.4, 0.5) is 0 Å². The van der Waals surface area contributed by atoms with Gasteiger partial charge in [-0.05, 0) is 32.2 Å². The van der Waals surface area contributed by atoms with Gasteiger partial charge in [-0.2, -0.15) is 0 Å². The summed E-state index contributed by atoms with van der Waals surface area (Å²) in [6.07, 6.45) is 4.04. The summed E-state index contributed by atoms with van der Waals surface area (Å²) in [4.78, 5) is 13.9. The molecule has 0 spiro atoms. The van der Waals surface area contributed by atoms with Gasteiger partial charge in [-0.3, -0.25) is 4.79 Å². The number of hydrogen-bond acceptors (Lipinski definition) is 3. The van der Waals surface area contributed by atoms with Crippen molar-refractivity contribution in [3.63, 3.8) is 0 Å². The van der Waals surface area contributed by atoms with Crippen molar-refractivity contribution in [3.05, 3.63) is 0 Å². The van der Waals surface area contributed by atoms with Crippen molar-refractivity contribution < 1.29 is 4.79 Å². The Morgan fingerprint density at radius 1 is 1.29 bits per heavy atom. The van der Waals surface area contributed by atoms with E-state index in [2.05, 4.69) is 5.32 Å². The molecule has 0 radical (unpaired) electrons. The van der Waals surface area contributed by atoms with Crippen LogP contribution in [0.2, 0.25) is 0 Å². The van der Waals surface area contributed by atoms with Crippen molar-refractivity contribution in [2.75, 3.05) is 19.6 Å². The summed E-state index contributed by atoms with van der Waals surface area (Å²) in [7, 11) is 0. The number of piperidine rings is 1. The van der Waals surface area contributed by atoms with Gasteiger partial charge in [0, 0.05) is 19.1 Å². The maximum absolute atomic E-state index is 11.9. The molecule has 2 aliphatic heterocycles. The van der Waals surface area contributed by atoms with Crippen LogP contribution in [0.25, 0.3) is 0 Å². The van der Waals surface area contributed by atoms with Crippen LogP contribution in [0.15, 0.2) is 0 Å². The zero-order valence-corrected chi connectivity index (χ0v) is 8.54. The van der Waals surface area contributed by atoms with Crippen molar-refractivity contribution in [2.24, 2.45) is 5.73 Å². The number of nitrogens with two attached hydrogens (primary N) is 1. The van der Waals surface area contributed by atoms with Gasteiger partial charge in [-0.25, -0.2) is 0 Å². The molecular weight excluding hydrogens is 178 g/mol. The fraction of sp³-hybridized carbons (Fsp3) is 0.900. The van der Waals surface area contributed by atoms with Gasteiger partial charge in [0.25, 0.3) is 0 Å². The van der Waals surface area contributed by atoms with E-state index in [-0.39, 0.29) is 11.9 Å². The van der Waals surface area contributed by atoms with Gasteiger partial charge >= 0.3 is 0 Å². The Hall–Kier alpha value is -0.610. The number of nitrogens with zero attached hydrogens (tertiary/aromatic N) is 1. The van der Waals surface area contributed by atoms with Crippen molar-refractivity contribution in [2.45, 2.75) is 37.8 Å². The Bertz CT molecular complexity index is 205. The van der Waals surface area contributed by atoms with Crippen LogP contribution in [0.5, 0.6) is 0 Å². The second kappa shape index (κ2) is 4.28. The third-order valence-electron chi connectivity index (χ3n) is 3.21. The van der Waals surface area contributed by atoms with Crippen LogP contribution >= 0.6 is 0 Å². The smallest absolute Gasteiger partial charge is 0.239 e.